The topological polar surface area (TPSA) is 26.3 Å². The molecule has 0 saturated heterocycles. The molecule has 0 amide bonds. The van der Waals surface area contributed by atoms with Gasteiger partial charge in [0.1, 0.15) is 5.75 Å². The molecule has 3 aromatic carbocycles. The summed E-state index contributed by atoms with van der Waals surface area (Å²) in [6.45, 7) is 3.96. The van der Waals surface area contributed by atoms with Crippen LogP contribution in [0.2, 0.25) is 0 Å². The third kappa shape index (κ3) is 2.52. The van der Waals surface area contributed by atoms with Crippen LogP contribution >= 0.6 is 0 Å². The first-order valence-corrected chi connectivity index (χ1v) is 6.93. The summed E-state index contributed by atoms with van der Waals surface area (Å²) >= 11 is 0. The summed E-state index contributed by atoms with van der Waals surface area (Å²) in [5, 5.41) is 1.95. The highest BCUT2D eigenvalue weighted by atomic mass is 16.5. The van der Waals surface area contributed by atoms with Gasteiger partial charge in [-0.2, -0.15) is 0 Å². The minimum atomic E-state index is -0.319. The number of rotatable bonds is 2. The predicted octanol–water partition coefficient (Wildman–Crippen LogP) is 4.68. The quantitative estimate of drug-likeness (QED) is 0.502. The lowest BCUT2D eigenvalue weighted by Gasteiger charge is -2.10. The monoisotopic (exact) mass is 276 g/mol. The number of benzene rings is 3. The third-order valence-electron chi connectivity index (χ3n) is 3.77. The highest BCUT2D eigenvalue weighted by molar-refractivity contribution is 6.05. The van der Waals surface area contributed by atoms with E-state index >= 15 is 0 Å². The van der Waals surface area contributed by atoms with Crippen molar-refractivity contribution in [3.8, 4) is 5.75 Å². The van der Waals surface area contributed by atoms with E-state index in [4.69, 9.17) is 4.74 Å². The summed E-state index contributed by atoms with van der Waals surface area (Å²) in [5.74, 6) is 0.299. The van der Waals surface area contributed by atoms with Gasteiger partial charge in [-0.1, -0.05) is 48.5 Å². The number of fused-ring (bicyclic) bond motifs is 1. The smallest absolute Gasteiger partial charge is 0.344 e. The molecule has 2 nitrogen and oxygen atoms in total. The summed E-state index contributed by atoms with van der Waals surface area (Å²) in [7, 11) is 0. The second-order valence-electron chi connectivity index (χ2n) is 5.11. The molecule has 0 fully saturated rings. The Morgan fingerprint density at radius 2 is 1.57 bits per heavy atom. The van der Waals surface area contributed by atoms with E-state index in [2.05, 4.69) is 0 Å². The first kappa shape index (κ1) is 13.4. The molecule has 104 valence electrons. The number of hydrogen-bond acceptors (Lipinski definition) is 2. The normalized spacial score (nSPS) is 10.6. The Morgan fingerprint density at radius 1 is 0.857 bits per heavy atom. The van der Waals surface area contributed by atoms with Crippen molar-refractivity contribution in [3.63, 3.8) is 0 Å². The number of carbonyl (C=O) groups is 1. The molecule has 21 heavy (non-hydrogen) atoms. The SMILES string of the molecule is Cc1cccc(OC(=O)c2cccc3ccccc23)c1C. The average Bonchev–Trinajstić information content (AvgIpc) is 2.51. The maximum absolute atomic E-state index is 12.5. The van der Waals surface area contributed by atoms with Crippen molar-refractivity contribution in [3.05, 3.63) is 77.4 Å². The van der Waals surface area contributed by atoms with Gasteiger partial charge < -0.3 is 4.74 Å². The van der Waals surface area contributed by atoms with Gasteiger partial charge in [-0.15, -0.1) is 0 Å². The lowest BCUT2D eigenvalue weighted by Crippen LogP contribution is -2.10. The van der Waals surface area contributed by atoms with Crippen LogP contribution in [0, 0.1) is 13.8 Å². The van der Waals surface area contributed by atoms with Gasteiger partial charge in [0.15, 0.2) is 0 Å². The molecule has 0 unspecified atom stereocenters. The Labute approximate surface area is 124 Å². The number of esters is 1. The van der Waals surface area contributed by atoms with Gasteiger partial charge in [-0.3, -0.25) is 0 Å². The molecule has 0 N–H and O–H groups in total. The zero-order valence-electron chi connectivity index (χ0n) is 12.1. The highest BCUT2D eigenvalue weighted by Crippen LogP contribution is 2.24. The van der Waals surface area contributed by atoms with Gasteiger partial charge in [0.05, 0.1) is 5.56 Å². The maximum atomic E-state index is 12.5. The minimum absolute atomic E-state index is 0.319. The van der Waals surface area contributed by atoms with Crippen molar-refractivity contribution in [2.45, 2.75) is 13.8 Å². The molecule has 2 heteroatoms. The van der Waals surface area contributed by atoms with Crippen LogP contribution < -0.4 is 4.74 Å². The van der Waals surface area contributed by atoms with Gasteiger partial charge >= 0.3 is 5.97 Å². The Morgan fingerprint density at radius 3 is 2.43 bits per heavy atom. The van der Waals surface area contributed by atoms with E-state index in [-0.39, 0.29) is 5.97 Å². The standard InChI is InChI=1S/C19H16O2/c1-13-7-5-12-18(14(13)2)21-19(20)17-11-6-9-15-8-3-4-10-16(15)17/h3-12H,1-2H3. The van der Waals surface area contributed by atoms with Crippen LogP contribution in [0.4, 0.5) is 0 Å². The molecular weight excluding hydrogens is 260 g/mol. The van der Waals surface area contributed by atoms with Crippen LogP contribution in [0.1, 0.15) is 21.5 Å². The second-order valence-corrected chi connectivity index (χ2v) is 5.11. The van der Waals surface area contributed by atoms with Crippen LogP contribution in [-0.2, 0) is 0 Å². The highest BCUT2D eigenvalue weighted by Gasteiger charge is 2.13. The fourth-order valence-corrected chi connectivity index (χ4v) is 2.39. The van der Waals surface area contributed by atoms with Gasteiger partial charge in [-0.05, 0) is 47.9 Å². The van der Waals surface area contributed by atoms with E-state index in [1.807, 2.05) is 68.4 Å². The van der Waals surface area contributed by atoms with Crippen LogP contribution in [0.25, 0.3) is 10.8 Å². The molecule has 3 rings (SSSR count). The average molecular weight is 276 g/mol. The molecule has 0 aliphatic carbocycles. The number of hydrogen-bond donors (Lipinski definition) is 0. The van der Waals surface area contributed by atoms with E-state index < -0.39 is 0 Å². The van der Waals surface area contributed by atoms with Crippen LogP contribution in [0.5, 0.6) is 5.75 Å². The van der Waals surface area contributed by atoms with E-state index in [1.165, 1.54) is 0 Å². The summed E-state index contributed by atoms with van der Waals surface area (Å²) in [4.78, 5) is 12.5. The Bertz CT molecular complexity index is 813. The number of ether oxygens (including phenoxy) is 1. The Kier molecular flexibility index (Phi) is 3.44. The molecular formula is C19H16O2. The van der Waals surface area contributed by atoms with E-state index in [0.717, 1.165) is 21.9 Å². The molecule has 0 bridgehead atoms. The van der Waals surface area contributed by atoms with Gasteiger partial charge in [0.25, 0.3) is 0 Å². The lowest BCUT2D eigenvalue weighted by molar-refractivity contribution is 0.0735. The van der Waals surface area contributed by atoms with Crippen LogP contribution in [0.3, 0.4) is 0 Å². The molecule has 0 heterocycles. The summed E-state index contributed by atoms with van der Waals surface area (Å²) < 4.78 is 5.58. The lowest BCUT2D eigenvalue weighted by atomic mass is 10.0. The van der Waals surface area contributed by atoms with E-state index in [9.17, 15) is 4.79 Å². The molecule has 0 saturated carbocycles. The second kappa shape index (κ2) is 5.41. The Hall–Kier alpha value is -2.61. The minimum Gasteiger partial charge on any atom is -0.423 e. The molecule has 0 aromatic heterocycles. The molecule has 3 aromatic rings. The predicted molar refractivity (Wildman–Crippen MR) is 84.8 cm³/mol. The summed E-state index contributed by atoms with van der Waals surface area (Å²) in [6.07, 6.45) is 0. The number of aryl methyl sites for hydroxylation is 1. The fraction of sp³-hybridized carbons (Fsp3) is 0.105. The first-order chi connectivity index (χ1) is 10.2. The molecule has 0 aliphatic heterocycles. The number of carbonyl (C=O) groups excluding carboxylic acids is 1. The molecule has 0 radical (unpaired) electrons. The van der Waals surface area contributed by atoms with Crippen molar-refractivity contribution in [1.82, 2.24) is 0 Å². The van der Waals surface area contributed by atoms with Gasteiger partial charge in [-0.25, -0.2) is 4.79 Å². The third-order valence-corrected chi connectivity index (χ3v) is 3.77. The van der Waals surface area contributed by atoms with Gasteiger partial charge in [0, 0.05) is 0 Å². The zero-order chi connectivity index (χ0) is 14.8. The molecule has 0 aliphatic rings. The largest absolute Gasteiger partial charge is 0.423 e. The first-order valence-electron chi connectivity index (χ1n) is 6.93. The van der Waals surface area contributed by atoms with Crippen molar-refractivity contribution < 1.29 is 9.53 Å². The maximum Gasteiger partial charge on any atom is 0.344 e. The summed E-state index contributed by atoms with van der Waals surface area (Å²) in [5.41, 5.74) is 2.69. The summed E-state index contributed by atoms with van der Waals surface area (Å²) in [6, 6.07) is 19.2. The van der Waals surface area contributed by atoms with E-state index in [1.54, 1.807) is 6.07 Å². The molecule has 0 atom stereocenters. The van der Waals surface area contributed by atoms with Gasteiger partial charge in [0.2, 0.25) is 0 Å². The molecule has 0 spiro atoms. The van der Waals surface area contributed by atoms with Crippen molar-refractivity contribution in [2.75, 3.05) is 0 Å². The van der Waals surface area contributed by atoms with Crippen molar-refractivity contribution in [2.24, 2.45) is 0 Å². The van der Waals surface area contributed by atoms with Crippen molar-refractivity contribution >= 4 is 16.7 Å². The van der Waals surface area contributed by atoms with Crippen molar-refractivity contribution in [1.29, 1.82) is 0 Å². The zero-order valence-corrected chi connectivity index (χ0v) is 12.1. The van der Waals surface area contributed by atoms with Crippen LogP contribution in [0.15, 0.2) is 60.7 Å². The van der Waals surface area contributed by atoms with E-state index in [0.29, 0.717) is 11.3 Å². The van der Waals surface area contributed by atoms with Crippen LogP contribution in [-0.4, -0.2) is 5.97 Å². The Balaban J connectivity index is 2.00. The fourth-order valence-electron chi connectivity index (χ4n) is 2.39.